The van der Waals surface area contributed by atoms with E-state index < -0.39 is 0 Å². The summed E-state index contributed by atoms with van der Waals surface area (Å²) in [6.07, 6.45) is 0. The molecular weight excluding hydrogens is 296 g/mol. The van der Waals surface area contributed by atoms with Crippen molar-refractivity contribution >= 4 is 11.6 Å². The van der Waals surface area contributed by atoms with E-state index in [9.17, 15) is 0 Å². The monoisotopic (exact) mass is 312 g/mol. The highest BCUT2D eigenvalue weighted by Crippen LogP contribution is 2.27. The van der Waals surface area contributed by atoms with E-state index in [0.717, 1.165) is 22.6 Å². The molecule has 3 rings (SSSR count). The molecule has 4 nitrogen and oxygen atoms in total. The van der Waals surface area contributed by atoms with E-state index >= 15 is 0 Å². The number of aryl methyl sites for hydroxylation is 2. The molecule has 0 amide bonds. The molecule has 0 aliphatic heterocycles. The summed E-state index contributed by atoms with van der Waals surface area (Å²) in [5, 5.41) is 9.17. The summed E-state index contributed by atoms with van der Waals surface area (Å²) >= 11 is 6.12. The second kappa shape index (κ2) is 5.91. The Morgan fingerprint density at radius 3 is 2.59 bits per heavy atom. The average Bonchev–Trinajstić information content (AvgIpc) is 2.94. The van der Waals surface area contributed by atoms with Crippen LogP contribution in [-0.2, 0) is 6.54 Å². The molecule has 0 aliphatic carbocycles. The number of benzene rings is 2. The van der Waals surface area contributed by atoms with Crippen molar-refractivity contribution in [3.05, 3.63) is 64.3 Å². The number of hydrogen-bond acceptors (Lipinski definition) is 3. The second-order valence-electron chi connectivity index (χ2n) is 5.28. The van der Waals surface area contributed by atoms with Gasteiger partial charge in [0.2, 0.25) is 0 Å². The van der Waals surface area contributed by atoms with Gasteiger partial charge in [0.15, 0.2) is 0 Å². The molecule has 0 unspecified atom stereocenters. The molecule has 0 bridgehead atoms. The van der Waals surface area contributed by atoms with Crippen LogP contribution in [0.4, 0.5) is 0 Å². The number of nitrogens with two attached hydrogens (primary N) is 1. The Bertz CT molecular complexity index is 823. The predicted octanol–water partition coefficient (Wildman–Crippen LogP) is 3.66. The Morgan fingerprint density at radius 1 is 1.09 bits per heavy atom. The maximum absolute atomic E-state index is 6.12. The highest BCUT2D eigenvalue weighted by molar-refractivity contribution is 6.30. The number of aromatic nitrogens is 3. The van der Waals surface area contributed by atoms with Crippen LogP contribution in [0, 0.1) is 13.8 Å². The van der Waals surface area contributed by atoms with E-state index in [0.29, 0.717) is 11.6 Å². The van der Waals surface area contributed by atoms with E-state index in [1.165, 1.54) is 11.1 Å². The van der Waals surface area contributed by atoms with E-state index in [1.54, 1.807) is 0 Å². The minimum atomic E-state index is 0.326. The molecule has 22 heavy (non-hydrogen) atoms. The van der Waals surface area contributed by atoms with Gasteiger partial charge in [-0.1, -0.05) is 35.0 Å². The lowest BCUT2D eigenvalue weighted by Crippen LogP contribution is -2.03. The van der Waals surface area contributed by atoms with Crippen LogP contribution in [-0.4, -0.2) is 15.0 Å². The van der Waals surface area contributed by atoms with Crippen LogP contribution < -0.4 is 5.73 Å². The minimum absolute atomic E-state index is 0.326. The van der Waals surface area contributed by atoms with Crippen molar-refractivity contribution in [2.45, 2.75) is 20.4 Å². The summed E-state index contributed by atoms with van der Waals surface area (Å²) in [5.74, 6) is 0. The van der Waals surface area contributed by atoms with E-state index in [-0.39, 0.29) is 0 Å². The van der Waals surface area contributed by atoms with Gasteiger partial charge in [-0.05, 0) is 49.2 Å². The van der Waals surface area contributed by atoms with Crippen molar-refractivity contribution in [2.24, 2.45) is 5.73 Å². The fraction of sp³-hybridized carbons (Fsp3) is 0.176. The summed E-state index contributed by atoms with van der Waals surface area (Å²) in [5.41, 5.74) is 11.8. The van der Waals surface area contributed by atoms with Gasteiger partial charge in [0.05, 0.1) is 11.4 Å². The molecule has 112 valence electrons. The van der Waals surface area contributed by atoms with E-state index in [2.05, 4.69) is 36.3 Å². The van der Waals surface area contributed by atoms with Crippen molar-refractivity contribution in [3.8, 4) is 16.9 Å². The Hall–Kier alpha value is -2.17. The molecule has 0 saturated heterocycles. The molecule has 0 atom stereocenters. The van der Waals surface area contributed by atoms with Gasteiger partial charge in [-0.3, -0.25) is 0 Å². The summed E-state index contributed by atoms with van der Waals surface area (Å²) in [4.78, 5) is 0. The third-order valence-electron chi connectivity index (χ3n) is 3.77. The number of hydrogen-bond donors (Lipinski definition) is 1. The standard InChI is InChI=1S/C17H17ClN4/c1-11-6-7-15(8-12(11)2)22-17(16(10-19)20-21-22)13-4-3-5-14(18)9-13/h3-9H,10,19H2,1-2H3. The lowest BCUT2D eigenvalue weighted by Gasteiger charge is -2.10. The van der Waals surface area contributed by atoms with Gasteiger partial charge in [0.1, 0.15) is 5.69 Å². The summed E-state index contributed by atoms with van der Waals surface area (Å²) in [6, 6.07) is 13.9. The highest BCUT2D eigenvalue weighted by atomic mass is 35.5. The van der Waals surface area contributed by atoms with Gasteiger partial charge >= 0.3 is 0 Å². The molecule has 1 aromatic heterocycles. The van der Waals surface area contributed by atoms with Crippen LogP contribution in [0.25, 0.3) is 16.9 Å². The first-order chi connectivity index (χ1) is 10.6. The maximum atomic E-state index is 6.12. The minimum Gasteiger partial charge on any atom is -0.325 e. The quantitative estimate of drug-likeness (QED) is 0.803. The van der Waals surface area contributed by atoms with Crippen molar-refractivity contribution in [3.63, 3.8) is 0 Å². The molecular formula is C17H17ClN4. The van der Waals surface area contributed by atoms with E-state index in [1.807, 2.05) is 35.0 Å². The fourth-order valence-electron chi connectivity index (χ4n) is 2.41. The Balaban J connectivity index is 2.21. The summed E-state index contributed by atoms with van der Waals surface area (Å²) in [6.45, 7) is 4.50. The van der Waals surface area contributed by atoms with Crippen LogP contribution in [0.3, 0.4) is 0 Å². The number of rotatable bonds is 3. The zero-order valence-electron chi connectivity index (χ0n) is 12.5. The second-order valence-corrected chi connectivity index (χ2v) is 5.72. The molecule has 1 heterocycles. The summed E-state index contributed by atoms with van der Waals surface area (Å²) < 4.78 is 1.82. The molecule has 2 N–H and O–H groups in total. The normalized spacial score (nSPS) is 10.9. The van der Waals surface area contributed by atoms with Crippen LogP contribution in [0.5, 0.6) is 0 Å². The van der Waals surface area contributed by atoms with Crippen molar-refractivity contribution in [2.75, 3.05) is 0 Å². The van der Waals surface area contributed by atoms with Crippen LogP contribution in [0.15, 0.2) is 42.5 Å². The molecule has 0 fully saturated rings. The smallest absolute Gasteiger partial charge is 0.105 e. The first kappa shape index (κ1) is 14.8. The molecule has 5 heteroatoms. The lowest BCUT2D eigenvalue weighted by atomic mass is 10.1. The average molecular weight is 313 g/mol. The highest BCUT2D eigenvalue weighted by Gasteiger charge is 2.15. The van der Waals surface area contributed by atoms with Gasteiger partial charge in [0.25, 0.3) is 0 Å². The van der Waals surface area contributed by atoms with Gasteiger partial charge in [-0.25, -0.2) is 4.68 Å². The van der Waals surface area contributed by atoms with Crippen molar-refractivity contribution in [1.82, 2.24) is 15.0 Å². The summed E-state index contributed by atoms with van der Waals surface area (Å²) in [7, 11) is 0. The lowest BCUT2D eigenvalue weighted by molar-refractivity contribution is 0.799. The molecule has 0 aliphatic rings. The first-order valence-electron chi connectivity index (χ1n) is 7.08. The zero-order chi connectivity index (χ0) is 15.7. The number of nitrogens with zero attached hydrogens (tertiary/aromatic N) is 3. The van der Waals surface area contributed by atoms with E-state index in [4.69, 9.17) is 17.3 Å². The van der Waals surface area contributed by atoms with Crippen LogP contribution in [0.1, 0.15) is 16.8 Å². The third kappa shape index (κ3) is 2.63. The van der Waals surface area contributed by atoms with Crippen LogP contribution in [0.2, 0.25) is 5.02 Å². The largest absolute Gasteiger partial charge is 0.325 e. The molecule has 0 spiro atoms. The Kier molecular flexibility index (Phi) is 3.96. The van der Waals surface area contributed by atoms with Gasteiger partial charge in [0, 0.05) is 17.1 Å². The molecule has 3 aromatic rings. The Labute approximate surface area is 134 Å². The first-order valence-corrected chi connectivity index (χ1v) is 7.46. The molecule has 2 aromatic carbocycles. The van der Waals surface area contributed by atoms with Gasteiger partial charge < -0.3 is 5.73 Å². The topological polar surface area (TPSA) is 56.7 Å². The Morgan fingerprint density at radius 2 is 1.91 bits per heavy atom. The van der Waals surface area contributed by atoms with Crippen molar-refractivity contribution < 1.29 is 0 Å². The van der Waals surface area contributed by atoms with Crippen molar-refractivity contribution in [1.29, 1.82) is 0 Å². The number of halogens is 1. The van der Waals surface area contributed by atoms with Crippen LogP contribution >= 0.6 is 11.6 Å². The SMILES string of the molecule is Cc1ccc(-n2nnc(CN)c2-c2cccc(Cl)c2)cc1C. The molecule has 0 saturated carbocycles. The zero-order valence-corrected chi connectivity index (χ0v) is 13.3. The van der Waals surface area contributed by atoms with Gasteiger partial charge in [-0.2, -0.15) is 0 Å². The third-order valence-corrected chi connectivity index (χ3v) is 4.00. The van der Waals surface area contributed by atoms with Gasteiger partial charge in [-0.15, -0.1) is 5.10 Å². The predicted molar refractivity (Wildman–Crippen MR) is 89.2 cm³/mol. The molecule has 0 radical (unpaired) electrons. The maximum Gasteiger partial charge on any atom is 0.105 e. The fourth-order valence-corrected chi connectivity index (χ4v) is 2.60.